The van der Waals surface area contributed by atoms with Gasteiger partial charge in [-0.3, -0.25) is 34.0 Å². The average molecular weight is 1290 g/mol. The summed E-state index contributed by atoms with van der Waals surface area (Å²) in [6.07, 6.45) is 11.8. The molecule has 0 unspecified atom stereocenters. The lowest BCUT2D eigenvalue weighted by Crippen LogP contribution is -2.57. The van der Waals surface area contributed by atoms with Gasteiger partial charge in [0.15, 0.2) is 5.13 Å². The van der Waals surface area contributed by atoms with Crippen LogP contribution in [0.3, 0.4) is 0 Å². The number of carbonyl (C=O) groups excluding carboxylic acids is 5. The van der Waals surface area contributed by atoms with Crippen molar-refractivity contribution in [2.45, 2.75) is 169 Å². The van der Waals surface area contributed by atoms with Crippen LogP contribution in [0.4, 0.5) is 10.9 Å². The summed E-state index contributed by atoms with van der Waals surface area (Å²) in [5.41, 5.74) is 9.39. The van der Waals surface area contributed by atoms with Crippen molar-refractivity contribution in [3.63, 3.8) is 0 Å². The van der Waals surface area contributed by atoms with Gasteiger partial charge in [-0.05, 0) is 160 Å². The Morgan fingerprint density at radius 1 is 0.813 bits per heavy atom. The Kier molecular flexibility index (Phi) is 18.4. The van der Waals surface area contributed by atoms with Crippen LogP contribution in [0.2, 0.25) is 0 Å². The van der Waals surface area contributed by atoms with Gasteiger partial charge < -0.3 is 25.5 Å². The number of rotatable bonds is 22. The number of aliphatic hydroxyl groups excluding tert-OH is 1. The fraction of sp³-hybridized carbons (Fsp3) is 0.493. The highest BCUT2D eigenvalue weighted by molar-refractivity contribution is 7.90. The van der Waals surface area contributed by atoms with E-state index in [1.165, 1.54) is 54.8 Å². The molecule has 4 bridgehead atoms. The Morgan fingerprint density at radius 2 is 1.54 bits per heavy atom. The van der Waals surface area contributed by atoms with Crippen LogP contribution in [0.1, 0.15) is 166 Å². The minimum atomic E-state index is -4.15. The van der Waals surface area contributed by atoms with Gasteiger partial charge in [-0.15, -0.1) is 11.3 Å². The Balaban J connectivity index is 0.663. The van der Waals surface area contributed by atoms with Crippen molar-refractivity contribution < 1.29 is 37.5 Å². The van der Waals surface area contributed by atoms with Crippen molar-refractivity contribution in [3.8, 4) is 21.6 Å². The number of aliphatic hydroxyl groups is 1. The number of nitrogens with zero attached hydrogens (tertiary/aromatic N) is 7. The van der Waals surface area contributed by atoms with E-state index in [1.54, 1.807) is 23.6 Å². The molecule has 0 spiro atoms. The van der Waals surface area contributed by atoms with E-state index in [4.69, 9.17) is 10.1 Å². The van der Waals surface area contributed by atoms with E-state index in [9.17, 15) is 37.5 Å². The van der Waals surface area contributed by atoms with Crippen molar-refractivity contribution >= 4 is 83.4 Å². The molecule has 3 aromatic carbocycles. The zero-order valence-electron chi connectivity index (χ0n) is 52.8. The number of aromatic nitrogens is 5. The summed E-state index contributed by atoms with van der Waals surface area (Å²) in [4.78, 5) is 88.7. The maximum absolute atomic E-state index is 14.6. The number of sulfonamides is 1. The van der Waals surface area contributed by atoms with Gasteiger partial charge in [-0.1, -0.05) is 99.9 Å². The van der Waals surface area contributed by atoms with Crippen molar-refractivity contribution in [2.24, 2.45) is 28.6 Å². The van der Waals surface area contributed by atoms with Crippen LogP contribution in [0.5, 0.6) is 0 Å². The summed E-state index contributed by atoms with van der Waals surface area (Å²) in [5.74, 6) is 0.209. The molecule has 5 amide bonds. The van der Waals surface area contributed by atoms with Gasteiger partial charge in [0.05, 0.1) is 50.4 Å². The summed E-state index contributed by atoms with van der Waals surface area (Å²) >= 11 is 2.97. The number of nitrogens with one attached hydrogen (secondary N) is 4. The number of likely N-dealkylation sites (tertiary alicyclic amines) is 1. The number of carbonyl (C=O) groups is 5. The summed E-state index contributed by atoms with van der Waals surface area (Å²) in [6.45, 7) is 13.0. The first-order valence-corrected chi connectivity index (χ1v) is 35.6. The zero-order valence-corrected chi connectivity index (χ0v) is 55.2. The van der Waals surface area contributed by atoms with Crippen molar-refractivity contribution in [2.75, 3.05) is 29.1 Å². The molecule has 1 saturated heterocycles. The number of fused-ring (bicyclic) bond motifs is 2. The van der Waals surface area contributed by atoms with Gasteiger partial charge in [-0.25, -0.2) is 28.1 Å². The molecule has 19 nitrogen and oxygen atoms in total. The Morgan fingerprint density at radius 3 is 2.25 bits per heavy atom. The van der Waals surface area contributed by atoms with E-state index < -0.39 is 45.4 Å². The van der Waals surface area contributed by atoms with E-state index in [0.29, 0.717) is 72.8 Å². The molecule has 4 saturated carbocycles. The number of hydrogen-bond acceptors (Lipinski definition) is 15. The number of benzene rings is 3. The first kappa shape index (κ1) is 63.7. The third-order valence-electron chi connectivity index (χ3n) is 19.6. The molecule has 5 fully saturated rings. The lowest BCUT2D eigenvalue weighted by atomic mass is 9.49. The molecule has 22 heteroatoms. The van der Waals surface area contributed by atoms with E-state index in [0.717, 1.165) is 73.0 Å². The van der Waals surface area contributed by atoms with E-state index in [1.807, 2.05) is 125 Å². The lowest BCUT2D eigenvalue weighted by molar-refractivity contribution is -0.144. The van der Waals surface area contributed by atoms with Gasteiger partial charge in [0.1, 0.15) is 23.6 Å². The number of hydrogen-bond donors (Lipinski definition) is 5. The SMILES string of the molecule is Cc1ncsc1-c1ccc([C@H](C)NC(=O)[C@@H]2C[C@@H](O)CN2C(=O)[C@@H](NC(=O)CCCCCCCS(=O)(=O)NC(=O)c2nc(N3CCc4cccc(C(=O)Nc5nc6ccccc6s5)c4C3)ccc2-c2cnn(CC34CC5CC(CC(C5)C3)C4)c2C)C(C)(C)C)cc1. The third-order valence-corrected chi connectivity index (χ3v) is 22.9. The molecule has 13 rings (SSSR count). The highest BCUT2D eigenvalue weighted by atomic mass is 32.2. The highest BCUT2D eigenvalue weighted by Gasteiger charge is 2.51. The molecular formula is C69H83N11O8S3. The van der Waals surface area contributed by atoms with Crippen molar-refractivity contribution in [1.29, 1.82) is 0 Å². The predicted molar refractivity (Wildman–Crippen MR) is 355 cm³/mol. The van der Waals surface area contributed by atoms with Crippen LogP contribution in [0, 0.1) is 42.4 Å². The number of pyridine rings is 1. The standard InChI is InChI=1S/C69H83N11O8S3/c1-41(47-20-22-49(23-21-47)61-42(2)70-40-89-61)72-64(84)56-32-50(81)37-79(56)66(86)62(68(4,5)6)75-59(82)19-10-8-7-9-13-28-91(87,88)77-65(85)60-51(53-36-71-80(43(53)3)39-69-33-44-29-45(34-69)31-46(30-44)35-69)24-25-58(74-60)78-27-26-48-15-14-16-52(54(48)38-78)63(83)76-67-73-55-17-11-12-18-57(55)90-67/h11-12,14-18,20-25,36,40-41,44-46,50,56,62,81H,7-10,13,19,26-35,37-39H2,1-6H3,(H,72,84)(H,75,82)(H,77,85)(H,73,76,83)/t41-,44?,45?,46?,50+,56-,62+,69?/m0/s1. The molecule has 4 atom stereocenters. The van der Waals surface area contributed by atoms with Crippen LogP contribution in [0.25, 0.3) is 31.8 Å². The molecule has 0 radical (unpaired) electrons. The van der Waals surface area contributed by atoms with Crippen LogP contribution in [0.15, 0.2) is 90.6 Å². The molecule has 6 aliphatic rings. The zero-order chi connectivity index (χ0) is 63.9. The van der Waals surface area contributed by atoms with Crippen LogP contribution >= 0.6 is 22.7 Å². The molecule has 2 aliphatic heterocycles. The van der Waals surface area contributed by atoms with Crippen LogP contribution < -0.4 is 25.6 Å². The third kappa shape index (κ3) is 14.2. The Hall–Kier alpha value is -7.40. The van der Waals surface area contributed by atoms with E-state index in [2.05, 4.69) is 35.3 Å². The molecule has 91 heavy (non-hydrogen) atoms. The molecular weight excluding hydrogens is 1210 g/mol. The lowest BCUT2D eigenvalue weighted by Gasteiger charge is -2.56. The number of amides is 5. The average Bonchev–Trinajstić information content (AvgIpc) is 1.71. The maximum atomic E-state index is 14.6. The summed E-state index contributed by atoms with van der Waals surface area (Å²) < 4.78 is 33.2. The Bertz CT molecular complexity index is 3930. The maximum Gasteiger partial charge on any atom is 0.284 e. The van der Waals surface area contributed by atoms with Gasteiger partial charge in [-0.2, -0.15) is 5.10 Å². The minimum Gasteiger partial charge on any atom is -0.391 e. The largest absolute Gasteiger partial charge is 0.391 e. The van der Waals surface area contributed by atoms with Gasteiger partial charge in [0.25, 0.3) is 11.8 Å². The van der Waals surface area contributed by atoms with Crippen molar-refractivity contribution in [1.82, 2.24) is 45.0 Å². The molecule has 7 aromatic rings. The van der Waals surface area contributed by atoms with Crippen LogP contribution in [-0.4, -0.2) is 110 Å². The normalized spacial score (nSPS) is 21.8. The smallest absolute Gasteiger partial charge is 0.284 e. The molecule has 5 N–H and O–H groups in total. The van der Waals surface area contributed by atoms with Gasteiger partial charge in [0, 0.05) is 61.4 Å². The number of β-amino-alcohol motifs (C(OH)–C–C–N with tert-alkyl or cyclic N) is 1. The first-order chi connectivity index (χ1) is 43.6. The van der Waals surface area contributed by atoms with Crippen LogP contribution in [-0.2, 0) is 43.9 Å². The topological polar surface area (TPSA) is 251 Å². The first-order valence-electron chi connectivity index (χ1n) is 32.3. The number of aryl methyl sites for hydroxylation is 1. The fourth-order valence-electron chi connectivity index (χ4n) is 15.4. The molecule has 4 aliphatic carbocycles. The number of anilines is 2. The Labute approximate surface area is 540 Å². The number of para-hydroxylation sites is 1. The second-order valence-corrected chi connectivity index (χ2v) is 31.2. The van der Waals surface area contributed by atoms with Gasteiger partial charge in [0.2, 0.25) is 27.7 Å². The second-order valence-electron chi connectivity index (χ2n) is 27.5. The monoisotopic (exact) mass is 1290 g/mol. The summed E-state index contributed by atoms with van der Waals surface area (Å²) in [6, 6.07) is 22.8. The number of thiazole rings is 2. The number of unbranched alkanes of at least 4 members (excludes halogenated alkanes) is 4. The quantitative estimate of drug-likeness (QED) is 0.0397. The second kappa shape index (κ2) is 26.3. The van der Waals surface area contributed by atoms with E-state index in [-0.39, 0.29) is 66.4 Å². The molecule has 6 heterocycles. The minimum absolute atomic E-state index is 0.0333. The fourth-order valence-corrected chi connectivity index (χ4v) is 18.1. The molecule has 4 aromatic heterocycles. The molecule has 480 valence electrons. The van der Waals surface area contributed by atoms with E-state index >= 15 is 0 Å². The van der Waals surface area contributed by atoms with Gasteiger partial charge >= 0.3 is 0 Å². The predicted octanol–water partition coefficient (Wildman–Crippen LogP) is 11.1. The summed E-state index contributed by atoms with van der Waals surface area (Å²) in [5, 5.41) is 25.2. The van der Waals surface area contributed by atoms with Crippen molar-refractivity contribution in [3.05, 3.63) is 130 Å². The highest BCUT2D eigenvalue weighted by Crippen LogP contribution is 2.60. The summed E-state index contributed by atoms with van der Waals surface area (Å²) in [7, 11) is -4.15.